The third kappa shape index (κ3) is 2.60. The lowest BCUT2D eigenvalue weighted by Gasteiger charge is -2.31. The molecule has 2 aromatic carbocycles. The number of hydrogen-bond donors (Lipinski definition) is 1. The number of hydrogen-bond acceptors (Lipinski definition) is 3. The van der Waals surface area contributed by atoms with Crippen LogP contribution in [0.25, 0.3) is 0 Å². The molecule has 0 radical (unpaired) electrons. The number of fused-ring (bicyclic) bond motifs is 1. The molecule has 20 heavy (non-hydrogen) atoms. The van der Waals surface area contributed by atoms with E-state index in [2.05, 4.69) is 4.90 Å². The van der Waals surface area contributed by atoms with Crippen LogP contribution in [0, 0.1) is 5.82 Å². The summed E-state index contributed by atoms with van der Waals surface area (Å²) in [6.45, 7) is 2.13. The Morgan fingerprint density at radius 3 is 2.60 bits per heavy atom. The maximum absolute atomic E-state index is 12.9. The monoisotopic (exact) mass is 273 g/mol. The molecule has 0 amide bonds. The van der Waals surface area contributed by atoms with E-state index in [4.69, 9.17) is 9.84 Å². The van der Waals surface area contributed by atoms with Crippen molar-refractivity contribution in [2.75, 3.05) is 18.1 Å². The molecule has 1 N–H and O–H groups in total. The highest BCUT2D eigenvalue weighted by atomic mass is 19.1. The predicted octanol–water partition coefficient (Wildman–Crippen LogP) is 2.72. The van der Waals surface area contributed by atoms with Gasteiger partial charge in [0.25, 0.3) is 0 Å². The molecule has 3 nitrogen and oxygen atoms in total. The fourth-order valence-corrected chi connectivity index (χ4v) is 2.39. The van der Waals surface area contributed by atoms with Crippen LogP contribution >= 0.6 is 0 Å². The molecule has 0 aliphatic carbocycles. The Labute approximate surface area is 117 Å². The quantitative estimate of drug-likeness (QED) is 0.933. The Balaban J connectivity index is 1.84. The van der Waals surface area contributed by atoms with Crippen LogP contribution in [0.5, 0.6) is 5.75 Å². The first-order valence-electron chi connectivity index (χ1n) is 6.62. The van der Waals surface area contributed by atoms with Crippen LogP contribution in [0.1, 0.15) is 11.1 Å². The zero-order chi connectivity index (χ0) is 13.9. The number of benzene rings is 2. The van der Waals surface area contributed by atoms with E-state index in [1.807, 2.05) is 18.2 Å². The molecular formula is C16H16FNO2. The van der Waals surface area contributed by atoms with Crippen LogP contribution < -0.4 is 9.64 Å². The summed E-state index contributed by atoms with van der Waals surface area (Å²) in [6, 6.07) is 12.3. The summed E-state index contributed by atoms with van der Waals surface area (Å²) in [4.78, 5) is 2.20. The van der Waals surface area contributed by atoms with Crippen LogP contribution in [0.15, 0.2) is 42.5 Å². The van der Waals surface area contributed by atoms with Crippen LogP contribution in [0.2, 0.25) is 0 Å². The summed E-state index contributed by atoms with van der Waals surface area (Å²) in [7, 11) is 0. The maximum Gasteiger partial charge on any atom is 0.143 e. The van der Waals surface area contributed by atoms with E-state index in [0.717, 1.165) is 35.7 Å². The van der Waals surface area contributed by atoms with E-state index in [9.17, 15) is 4.39 Å². The molecule has 0 atom stereocenters. The topological polar surface area (TPSA) is 32.7 Å². The molecule has 2 aromatic rings. The highest BCUT2D eigenvalue weighted by molar-refractivity contribution is 5.61. The van der Waals surface area contributed by atoms with Gasteiger partial charge in [-0.25, -0.2) is 4.39 Å². The van der Waals surface area contributed by atoms with Crippen LogP contribution in [0.3, 0.4) is 0 Å². The Hall–Kier alpha value is -2.07. The van der Waals surface area contributed by atoms with E-state index >= 15 is 0 Å². The summed E-state index contributed by atoms with van der Waals surface area (Å²) in [5.41, 5.74) is 2.91. The average molecular weight is 273 g/mol. The Morgan fingerprint density at radius 2 is 1.85 bits per heavy atom. The van der Waals surface area contributed by atoms with Gasteiger partial charge in [0, 0.05) is 6.54 Å². The first-order chi connectivity index (χ1) is 9.76. The van der Waals surface area contributed by atoms with Crippen molar-refractivity contribution < 1.29 is 14.2 Å². The summed E-state index contributed by atoms with van der Waals surface area (Å²) >= 11 is 0. The smallest absolute Gasteiger partial charge is 0.143 e. The molecule has 3 rings (SSSR count). The van der Waals surface area contributed by atoms with Crippen molar-refractivity contribution in [1.82, 2.24) is 0 Å². The standard InChI is InChI=1S/C16H16FNO2/c17-14-4-1-12(2-5-14)10-18-7-8-20-16-9-13(11-19)3-6-15(16)18/h1-6,9,19H,7-8,10-11H2. The Kier molecular flexibility index (Phi) is 3.56. The largest absolute Gasteiger partial charge is 0.490 e. The van der Waals surface area contributed by atoms with Gasteiger partial charge < -0.3 is 14.7 Å². The third-order valence-electron chi connectivity index (χ3n) is 3.45. The predicted molar refractivity (Wildman–Crippen MR) is 75.3 cm³/mol. The van der Waals surface area contributed by atoms with Gasteiger partial charge in [0.15, 0.2) is 0 Å². The number of anilines is 1. The lowest BCUT2D eigenvalue weighted by molar-refractivity contribution is 0.278. The molecular weight excluding hydrogens is 257 g/mol. The van der Waals surface area contributed by atoms with Crippen LogP contribution in [-0.2, 0) is 13.2 Å². The molecule has 0 saturated carbocycles. The Morgan fingerprint density at radius 1 is 1.10 bits per heavy atom. The maximum atomic E-state index is 12.9. The van der Waals surface area contributed by atoms with Crippen molar-refractivity contribution in [3.05, 3.63) is 59.4 Å². The van der Waals surface area contributed by atoms with Gasteiger partial charge in [0.05, 0.1) is 18.8 Å². The van der Waals surface area contributed by atoms with Crippen molar-refractivity contribution in [2.45, 2.75) is 13.2 Å². The van der Waals surface area contributed by atoms with E-state index in [0.29, 0.717) is 6.61 Å². The van der Waals surface area contributed by atoms with Gasteiger partial charge >= 0.3 is 0 Å². The second-order valence-corrected chi connectivity index (χ2v) is 4.86. The number of aliphatic hydroxyl groups is 1. The molecule has 0 spiro atoms. The fourth-order valence-electron chi connectivity index (χ4n) is 2.39. The summed E-state index contributed by atoms with van der Waals surface area (Å²) in [5, 5.41) is 9.16. The zero-order valence-electron chi connectivity index (χ0n) is 11.1. The molecule has 1 heterocycles. The minimum atomic E-state index is -0.219. The minimum absolute atomic E-state index is 0.00853. The lowest BCUT2D eigenvalue weighted by Crippen LogP contribution is -2.32. The number of ether oxygens (including phenoxy) is 1. The summed E-state index contributed by atoms with van der Waals surface area (Å²) in [6.07, 6.45) is 0. The third-order valence-corrected chi connectivity index (χ3v) is 3.45. The average Bonchev–Trinajstić information content (AvgIpc) is 2.49. The minimum Gasteiger partial charge on any atom is -0.490 e. The molecule has 0 fully saturated rings. The van der Waals surface area contributed by atoms with Crippen molar-refractivity contribution in [3.63, 3.8) is 0 Å². The molecule has 4 heteroatoms. The molecule has 0 unspecified atom stereocenters. The molecule has 104 valence electrons. The van der Waals surface area contributed by atoms with Crippen molar-refractivity contribution >= 4 is 5.69 Å². The molecule has 0 saturated heterocycles. The van der Waals surface area contributed by atoms with Gasteiger partial charge in [0.2, 0.25) is 0 Å². The van der Waals surface area contributed by atoms with Crippen molar-refractivity contribution in [2.24, 2.45) is 0 Å². The van der Waals surface area contributed by atoms with E-state index in [1.165, 1.54) is 12.1 Å². The van der Waals surface area contributed by atoms with Crippen molar-refractivity contribution in [1.29, 1.82) is 0 Å². The fraction of sp³-hybridized carbons (Fsp3) is 0.250. The number of aliphatic hydroxyl groups excluding tert-OH is 1. The van der Waals surface area contributed by atoms with Gasteiger partial charge in [-0.3, -0.25) is 0 Å². The zero-order valence-corrected chi connectivity index (χ0v) is 11.1. The van der Waals surface area contributed by atoms with Gasteiger partial charge in [-0.05, 0) is 35.4 Å². The highest BCUT2D eigenvalue weighted by Crippen LogP contribution is 2.33. The van der Waals surface area contributed by atoms with Gasteiger partial charge in [0.1, 0.15) is 18.2 Å². The van der Waals surface area contributed by atoms with Gasteiger partial charge in [-0.1, -0.05) is 18.2 Å². The van der Waals surface area contributed by atoms with E-state index in [-0.39, 0.29) is 12.4 Å². The van der Waals surface area contributed by atoms with Crippen molar-refractivity contribution in [3.8, 4) is 5.75 Å². The first-order valence-corrected chi connectivity index (χ1v) is 6.62. The van der Waals surface area contributed by atoms with Gasteiger partial charge in [-0.15, -0.1) is 0 Å². The molecule has 1 aliphatic heterocycles. The molecule has 0 aromatic heterocycles. The summed E-state index contributed by atoms with van der Waals surface area (Å²) < 4.78 is 18.6. The first kappa shape index (κ1) is 12.9. The normalized spacial score (nSPS) is 13.8. The number of halogens is 1. The van der Waals surface area contributed by atoms with E-state index < -0.39 is 0 Å². The van der Waals surface area contributed by atoms with Gasteiger partial charge in [-0.2, -0.15) is 0 Å². The Bertz CT molecular complexity index is 598. The number of rotatable bonds is 3. The summed E-state index contributed by atoms with van der Waals surface area (Å²) in [5.74, 6) is 0.577. The highest BCUT2D eigenvalue weighted by Gasteiger charge is 2.18. The molecule has 1 aliphatic rings. The number of nitrogens with zero attached hydrogens (tertiary/aromatic N) is 1. The van der Waals surface area contributed by atoms with Crippen LogP contribution in [-0.4, -0.2) is 18.3 Å². The SMILES string of the molecule is OCc1ccc2c(c1)OCCN2Cc1ccc(F)cc1. The molecule has 0 bridgehead atoms. The van der Waals surface area contributed by atoms with E-state index in [1.54, 1.807) is 12.1 Å². The van der Waals surface area contributed by atoms with Crippen LogP contribution in [0.4, 0.5) is 10.1 Å². The lowest BCUT2D eigenvalue weighted by atomic mass is 10.1. The second-order valence-electron chi connectivity index (χ2n) is 4.86. The second kappa shape index (κ2) is 5.51.